The van der Waals surface area contributed by atoms with Gasteiger partial charge in [0.25, 0.3) is 0 Å². The molecule has 0 aliphatic carbocycles. The van der Waals surface area contributed by atoms with Crippen molar-refractivity contribution < 1.29 is 24.2 Å². The number of unbranched alkanes of at least 4 members (excludes halogenated alkanes) is 1. The second kappa shape index (κ2) is 13.9. The lowest BCUT2D eigenvalue weighted by Crippen LogP contribution is -2.37. The molecule has 0 saturated heterocycles. The second-order valence-corrected chi connectivity index (χ2v) is 8.85. The number of primary amides is 1. The summed E-state index contributed by atoms with van der Waals surface area (Å²) in [6, 6.07) is 21.8. The number of phenolic OH excluding ortho intramolecular Hbond substituents is 1. The Bertz CT molecular complexity index is 1140. The summed E-state index contributed by atoms with van der Waals surface area (Å²) in [5.74, 6) is 0.190. The summed E-state index contributed by atoms with van der Waals surface area (Å²) in [6.45, 7) is 5.34. The molecule has 3 rings (SSSR count). The Kier molecular flexibility index (Phi) is 11.0. The molecule has 0 saturated carbocycles. The Labute approximate surface area is 213 Å². The van der Waals surface area contributed by atoms with Crippen molar-refractivity contribution in [2.75, 3.05) is 20.8 Å². The fourth-order valence-corrected chi connectivity index (χ4v) is 3.60. The molecule has 4 N–H and O–H groups in total. The zero-order valence-corrected chi connectivity index (χ0v) is 21.4. The first-order valence-electron chi connectivity index (χ1n) is 11.8. The number of aryl methyl sites for hydroxylation is 1. The number of hydrogen-bond donors (Lipinski definition) is 3. The van der Waals surface area contributed by atoms with Crippen LogP contribution < -0.4 is 15.8 Å². The van der Waals surface area contributed by atoms with Gasteiger partial charge in [-0.25, -0.2) is 4.79 Å². The summed E-state index contributed by atoms with van der Waals surface area (Å²) in [7, 11) is 2.97. The average molecular weight is 493 g/mol. The summed E-state index contributed by atoms with van der Waals surface area (Å²) < 4.78 is 9.78. The van der Waals surface area contributed by atoms with Gasteiger partial charge in [-0.05, 0) is 93.2 Å². The van der Waals surface area contributed by atoms with Gasteiger partial charge >= 0.3 is 5.97 Å². The third kappa shape index (κ3) is 9.07. The summed E-state index contributed by atoms with van der Waals surface area (Å²) >= 11 is 0. The van der Waals surface area contributed by atoms with Gasteiger partial charge in [-0.1, -0.05) is 30.3 Å². The quantitative estimate of drug-likeness (QED) is 0.276. The minimum Gasteiger partial charge on any atom is -0.508 e. The monoisotopic (exact) mass is 492 g/mol. The molecule has 3 aromatic rings. The summed E-state index contributed by atoms with van der Waals surface area (Å²) in [5.41, 5.74) is 7.98. The number of amides is 1. The maximum absolute atomic E-state index is 11.0. The average Bonchev–Trinajstić information content (AvgIpc) is 2.88. The fraction of sp³-hybridized carbons (Fsp3) is 0.310. The number of hydrogen-bond acceptors (Lipinski definition) is 6. The third-order valence-corrected chi connectivity index (χ3v) is 5.73. The maximum atomic E-state index is 11.0. The van der Waals surface area contributed by atoms with E-state index < -0.39 is 11.9 Å². The lowest BCUT2D eigenvalue weighted by Gasteiger charge is -2.27. The van der Waals surface area contributed by atoms with E-state index in [0.29, 0.717) is 16.9 Å². The van der Waals surface area contributed by atoms with E-state index >= 15 is 0 Å². The molecular formula is C29H36N2O5. The van der Waals surface area contributed by atoms with Crippen LogP contribution in [0.3, 0.4) is 0 Å². The van der Waals surface area contributed by atoms with Gasteiger partial charge in [0.05, 0.1) is 19.8 Å². The van der Waals surface area contributed by atoms with E-state index in [0.717, 1.165) is 31.6 Å². The van der Waals surface area contributed by atoms with Crippen molar-refractivity contribution in [3.05, 3.63) is 95.1 Å². The molecule has 0 aliphatic rings. The molecule has 0 unspecified atom stereocenters. The normalized spacial score (nSPS) is 10.7. The van der Waals surface area contributed by atoms with E-state index in [9.17, 15) is 14.7 Å². The molecule has 0 aromatic heterocycles. The summed E-state index contributed by atoms with van der Waals surface area (Å²) in [5, 5.41) is 13.1. The predicted octanol–water partition coefficient (Wildman–Crippen LogP) is 4.82. The molecule has 0 spiro atoms. The predicted molar refractivity (Wildman–Crippen MR) is 141 cm³/mol. The van der Waals surface area contributed by atoms with E-state index in [-0.39, 0.29) is 5.54 Å². The number of methoxy groups -OCH3 is 2. The van der Waals surface area contributed by atoms with Gasteiger partial charge in [0, 0.05) is 11.1 Å². The number of carbonyl (C=O) groups is 2. The number of rotatable bonds is 10. The molecule has 192 valence electrons. The SMILES string of the molecule is COC(=O)c1cccc(C(N)=O)c1.COc1cccc(C(C)(C)NCCCCc2cccc(O)c2)c1. The molecule has 0 radical (unpaired) electrons. The molecule has 7 heteroatoms. The largest absolute Gasteiger partial charge is 0.508 e. The van der Waals surface area contributed by atoms with Crippen molar-refractivity contribution in [2.24, 2.45) is 5.73 Å². The highest BCUT2D eigenvalue weighted by Gasteiger charge is 2.19. The first kappa shape index (κ1) is 28.4. The lowest BCUT2D eigenvalue weighted by molar-refractivity contribution is 0.0600. The highest BCUT2D eigenvalue weighted by Crippen LogP contribution is 2.24. The number of ether oxygens (including phenoxy) is 2. The number of benzene rings is 3. The summed E-state index contributed by atoms with van der Waals surface area (Å²) in [4.78, 5) is 21.7. The molecular weight excluding hydrogens is 456 g/mol. The minimum absolute atomic E-state index is 0.0838. The molecule has 7 nitrogen and oxygen atoms in total. The van der Waals surface area contributed by atoms with Gasteiger partial charge < -0.3 is 25.6 Å². The zero-order chi connectivity index (χ0) is 26.6. The number of carbonyl (C=O) groups excluding carboxylic acids is 2. The van der Waals surface area contributed by atoms with Crippen LogP contribution in [0.4, 0.5) is 0 Å². The number of phenols is 1. The van der Waals surface area contributed by atoms with Crippen molar-refractivity contribution in [1.29, 1.82) is 0 Å². The number of nitrogens with two attached hydrogens (primary N) is 1. The van der Waals surface area contributed by atoms with Crippen LogP contribution in [0.25, 0.3) is 0 Å². The van der Waals surface area contributed by atoms with E-state index in [1.807, 2.05) is 24.3 Å². The summed E-state index contributed by atoms with van der Waals surface area (Å²) in [6.07, 6.45) is 3.20. The molecule has 0 bridgehead atoms. The molecule has 0 fully saturated rings. The van der Waals surface area contributed by atoms with Crippen LogP contribution in [0.5, 0.6) is 11.5 Å². The van der Waals surface area contributed by atoms with Gasteiger partial charge in [0.1, 0.15) is 11.5 Å². The van der Waals surface area contributed by atoms with Gasteiger partial charge in [0.2, 0.25) is 5.91 Å². The van der Waals surface area contributed by atoms with Gasteiger partial charge in [-0.2, -0.15) is 0 Å². The zero-order valence-electron chi connectivity index (χ0n) is 21.4. The Balaban J connectivity index is 0.000000297. The number of esters is 1. The van der Waals surface area contributed by atoms with Crippen LogP contribution in [0, 0.1) is 0 Å². The smallest absolute Gasteiger partial charge is 0.337 e. The minimum atomic E-state index is -0.564. The van der Waals surface area contributed by atoms with Crippen LogP contribution in [-0.2, 0) is 16.7 Å². The van der Waals surface area contributed by atoms with Crippen LogP contribution in [0.2, 0.25) is 0 Å². The van der Waals surface area contributed by atoms with Crippen molar-refractivity contribution in [1.82, 2.24) is 5.32 Å². The molecule has 3 aromatic carbocycles. The molecule has 0 heterocycles. The Morgan fingerprint density at radius 2 is 1.61 bits per heavy atom. The maximum Gasteiger partial charge on any atom is 0.337 e. The Hall–Kier alpha value is -3.84. The fourth-order valence-electron chi connectivity index (χ4n) is 3.60. The highest BCUT2D eigenvalue weighted by molar-refractivity contribution is 5.96. The number of aromatic hydroxyl groups is 1. The topological polar surface area (TPSA) is 111 Å². The van der Waals surface area contributed by atoms with E-state index in [1.165, 1.54) is 30.4 Å². The van der Waals surface area contributed by atoms with Gasteiger partial charge in [-0.15, -0.1) is 0 Å². The van der Waals surface area contributed by atoms with Crippen LogP contribution in [-0.4, -0.2) is 37.7 Å². The van der Waals surface area contributed by atoms with Gasteiger partial charge in [-0.3, -0.25) is 4.79 Å². The first-order valence-corrected chi connectivity index (χ1v) is 11.8. The first-order chi connectivity index (χ1) is 17.2. The second-order valence-electron chi connectivity index (χ2n) is 8.85. The van der Waals surface area contributed by atoms with E-state index in [1.54, 1.807) is 25.3 Å². The highest BCUT2D eigenvalue weighted by atomic mass is 16.5. The van der Waals surface area contributed by atoms with Crippen molar-refractivity contribution >= 4 is 11.9 Å². The molecule has 1 amide bonds. The number of nitrogens with one attached hydrogen (secondary N) is 1. The standard InChI is InChI=1S/C20H27NO2.C9H9NO3/c1-20(2,17-10-7-12-19(15-17)23-3)21-13-5-4-8-16-9-6-11-18(22)14-16;1-13-9(12)7-4-2-3-6(5-7)8(10)11/h6-7,9-12,14-15,21-22H,4-5,8,13H2,1-3H3;2-5H,1H3,(H2,10,11). The van der Waals surface area contributed by atoms with Crippen LogP contribution >= 0.6 is 0 Å². The van der Waals surface area contributed by atoms with E-state index in [2.05, 4.69) is 42.1 Å². The third-order valence-electron chi connectivity index (χ3n) is 5.73. The Morgan fingerprint density at radius 1 is 0.917 bits per heavy atom. The van der Waals surface area contributed by atoms with Crippen LogP contribution in [0.15, 0.2) is 72.8 Å². The molecule has 36 heavy (non-hydrogen) atoms. The van der Waals surface area contributed by atoms with Crippen LogP contribution in [0.1, 0.15) is 58.5 Å². The lowest BCUT2D eigenvalue weighted by atomic mass is 9.94. The van der Waals surface area contributed by atoms with E-state index in [4.69, 9.17) is 10.5 Å². The molecule has 0 atom stereocenters. The van der Waals surface area contributed by atoms with Crippen molar-refractivity contribution in [3.8, 4) is 11.5 Å². The van der Waals surface area contributed by atoms with Crippen molar-refractivity contribution in [2.45, 2.75) is 38.6 Å². The van der Waals surface area contributed by atoms with Gasteiger partial charge in [0.15, 0.2) is 0 Å². The Morgan fingerprint density at radius 3 is 2.28 bits per heavy atom. The van der Waals surface area contributed by atoms with Crippen molar-refractivity contribution in [3.63, 3.8) is 0 Å². The molecule has 0 aliphatic heterocycles.